The van der Waals surface area contributed by atoms with E-state index in [9.17, 15) is 39.5 Å². The molecule has 0 aromatic heterocycles. The number of hydrogen-bond donors (Lipinski definition) is 5. The molecule has 4 aromatic rings. The van der Waals surface area contributed by atoms with E-state index >= 15 is 0 Å². The highest BCUT2D eigenvalue weighted by molar-refractivity contribution is 7.89. The van der Waals surface area contributed by atoms with Crippen LogP contribution in [0.2, 0.25) is 0 Å². The predicted octanol–water partition coefficient (Wildman–Crippen LogP) is 5.13. The average molecular weight is 694 g/mol. The number of nitrogens with zero attached hydrogens (tertiary/aromatic N) is 3. The lowest BCUT2D eigenvalue weighted by molar-refractivity contribution is 0.416. The zero-order valence-corrected chi connectivity index (χ0v) is 27.4. The van der Waals surface area contributed by atoms with Crippen molar-refractivity contribution in [1.82, 2.24) is 4.31 Å². The van der Waals surface area contributed by atoms with Gasteiger partial charge in [0.1, 0.15) is 22.1 Å². The second-order valence-electron chi connectivity index (χ2n) is 9.91. The standard InChI is InChI=1S/C28H31N5O10S3/c1-5-33(6-2)44(35,36)19-9-7-18(8-10-19)31-32-22-15-24(43-4)23(11-16(22)3)30-27-25(46(40,41)42)13-17-12-20(45(37,38)39)14-21(29)26(17)28(27)34/h7-15,30,34H,5-6,29H2,1-4H3,(H,37,38,39)(H,40,41,42). The van der Waals surface area contributed by atoms with Crippen molar-refractivity contribution < 1.29 is 44.2 Å². The molecule has 0 bridgehead atoms. The Morgan fingerprint density at radius 2 is 1.50 bits per heavy atom. The molecule has 4 rings (SSSR count). The molecule has 0 saturated heterocycles. The maximum Gasteiger partial charge on any atom is 0.296 e. The Labute approximate surface area is 265 Å². The number of methoxy groups -OCH3 is 1. The maximum absolute atomic E-state index is 12.7. The van der Waals surface area contributed by atoms with Gasteiger partial charge in [0.05, 0.1) is 34.0 Å². The van der Waals surface area contributed by atoms with Gasteiger partial charge >= 0.3 is 0 Å². The van der Waals surface area contributed by atoms with Crippen LogP contribution in [-0.4, -0.2) is 64.0 Å². The lowest BCUT2D eigenvalue weighted by atomic mass is 10.1. The van der Waals surface area contributed by atoms with E-state index in [2.05, 4.69) is 15.5 Å². The first-order chi connectivity index (χ1) is 21.4. The number of ether oxygens (including phenoxy) is 1. The second-order valence-corrected chi connectivity index (χ2v) is 14.7. The van der Waals surface area contributed by atoms with Crippen molar-refractivity contribution >= 4 is 69.5 Å². The third-order valence-corrected chi connectivity index (χ3v) is 10.8. The van der Waals surface area contributed by atoms with Gasteiger partial charge in [0.2, 0.25) is 10.0 Å². The Kier molecular flexibility index (Phi) is 9.62. The topological polar surface area (TPSA) is 238 Å². The van der Waals surface area contributed by atoms with E-state index in [0.717, 1.165) is 18.2 Å². The average Bonchev–Trinajstić information content (AvgIpc) is 2.97. The number of phenols is 1. The zero-order valence-electron chi connectivity index (χ0n) is 25.0. The van der Waals surface area contributed by atoms with Crippen molar-refractivity contribution in [3.8, 4) is 11.5 Å². The minimum atomic E-state index is -5.02. The number of sulfonamides is 1. The van der Waals surface area contributed by atoms with Crippen molar-refractivity contribution in [2.45, 2.75) is 35.5 Å². The fourth-order valence-electron chi connectivity index (χ4n) is 4.67. The summed E-state index contributed by atoms with van der Waals surface area (Å²) >= 11 is 0. The minimum Gasteiger partial charge on any atom is -0.505 e. The summed E-state index contributed by atoms with van der Waals surface area (Å²) in [6, 6.07) is 11.5. The molecule has 0 fully saturated rings. The van der Waals surface area contributed by atoms with Crippen molar-refractivity contribution in [2.24, 2.45) is 10.2 Å². The van der Waals surface area contributed by atoms with Gasteiger partial charge in [0.15, 0.2) is 0 Å². The van der Waals surface area contributed by atoms with E-state index in [1.165, 1.54) is 47.8 Å². The molecule has 0 heterocycles. The molecule has 46 heavy (non-hydrogen) atoms. The van der Waals surface area contributed by atoms with E-state index in [1.54, 1.807) is 20.8 Å². The molecule has 0 aliphatic heterocycles. The number of aromatic hydroxyl groups is 1. The molecule has 15 nitrogen and oxygen atoms in total. The Hall–Kier alpha value is -4.33. The van der Waals surface area contributed by atoms with E-state index in [-0.39, 0.29) is 32.8 Å². The van der Waals surface area contributed by atoms with E-state index in [1.807, 2.05) is 0 Å². The van der Waals surface area contributed by atoms with Gasteiger partial charge in [-0.1, -0.05) is 13.8 Å². The molecule has 0 aliphatic carbocycles. The SMILES string of the molecule is CCN(CC)S(=O)(=O)c1ccc(N=Nc2cc(OC)c(Nc3c(S(=O)(=O)O)cc4cc(S(=O)(=O)O)cc(N)c4c3O)cc2C)cc1. The van der Waals surface area contributed by atoms with E-state index in [0.29, 0.717) is 30.0 Å². The number of nitrogens with one attached hydrogen (secondary N) is 1. The highest BCUT2D eigenvalue weighted by Crippen LogP contribution is 2.45. The molecule has 246 valence electrons. The summed E-state index contributed by atoms with van der Waals surface area (Å²) in [5.41, 5.74) is 6.52. The molecule has 18 heteroatoms. The van der Waals surface area contributed by atoms with E-state index in [4.69, 9.17) is 10.5 Å². The van der Waals surface area contributed by atoms with Crippen LogP contribution in [0.1, 0.15) is 19.4 Å². The Morgan fingerprint density at radius 3 is 2.04 bits per heavy atom. The number of aryl methyl sites for hydroxylation is 1. The van der Waals surface area contributed by atoms with Crippen LogP contribution >= 0.6 is 0 Å². The first kappa shape index (κ1) is 34.5. The number of phenolic OH excluding ortho intramolecular Hbond substituents is 1. The maximum atomic E-state index is 12.7. The first-order valence-corrected chi connectivity index (χ1v) is 17.8. The monoisotopic (exact) mass is 693 g/mol. The summed E-state index contributed by atoms with van der Waals surface area (Å²) < 4.78 is 99.7. The summed E-state index contributed by atoms with van der Waals surface area (Å²) in [7, 11) is -12.1. The summed E-state index contributed by atoms with van der Waals surface area (Å²) in [5.74, 6) is -0.616. The van der Waals surface area contributed by atoms with Gasteiger partial charge in [0, 0.05) is 30.2 Å². The van der Waals surface area contributed by atoms with Crippen LogP contribution in [0, 0.1) is 6.92 Å². The van der Waals surface area contributed by atoms with Crippen molar-refractivity contribution in [1.29, 1.82) is 0 Å². The zero-order chi connectivity index (χ0) is 34.2. The van der Waals surface area contributed by atoms with Gasteiger partial charge in [0.25, 0.3) is 20.2 Å². The van der Waals surface area contributed by atoms with E-state index < -0.39 is 51.5 Å². The minimum absolute atomic E-state index is 0.116. The van der Waals surface area contributed by atoms with Crippen molar-refractivity contribution in [3.05, 3.63) is 60.2 Å². The summed E-state index contributed by atoms with van der Waals surface area (Å²) in [6.07, 6.45) is 0. The van der Waals surface area contributed by atoms with Gasteiger partial charge in [-0.2, -0.15) is 31.4 Å². The largest absolute Gasteiger partial charge is 0.505 e. The van der Waals surface area contributed by atoms with Crippen LogP contribution in [0.3, 0.4) is 0 Å². The number of nitrogen functional groups attached to an aromatic ring is 1. The van der Waals surface area contributed by atoms with Gasteiger partial charge in [-0.3, -0.25) is 9.11 Å². The van der Waals surface area contributed by atoms with Crippen LogP contribution in [0.4, 0.5) is 28.4 Å². The highest BCUT2D eigenvalue weighted by atomic mass is 32.2. The quantitative estimate of drug-likeness (QED) is 0.0595. The van der Waals surface area contributed by atoms with Crippen LogP contribution in [0.15, 0.2) is 79.5 Å². The molecule has 0 amide bonds. The Morgan fingerprint density at radius 1 is 0.870 bits per heavy atom. The lowest BCUT2D eigenvalue weighted by Crippen LogP contribution is -2.30. The molecule has 0 spiro atoms. The Bertz CT molecular complexity index is 2180. The first-order valence-electron chi connectivity index (χ1n) is 13.4. The summed E-state index contributed by atoms with van der Waals surface area (Å²) in [5, 5.41) is 21.9. The highest BCUT2D eigenvalue weighted by Gasteiger charge is 2.26. The molecule has 0 atom stereocenters. The lowest BCUT2D eigenvalue weighted by Gasteiger charge is -2.18. The van der Waals surface area contributed by atoms with Crippen LogP contribution < -0.4 is 15.8 Å². The smallest absolute Gasteiger partial charge is 0.296 e. The second kappa shape index (κ2) is 12.8. The summed E-state index contributed by atoms with van der Waals surface area (Å²) in [6.45, 7) is 5.82. The molecular formula is C28H31N5O10S3. The number of rotatable bonds is 11. The Balaban J connectivity index is 1.74. The number of benzene rings is 4. The number of fused-ring (bicyclic) bond motifs is 1. The fourth-order valence-corrected chi connectivity index (χ4v) is 7.36. The third-order valence-electron chi connectivity index (χ3n) is 6.99. The summed E-state index contributed by atoms with van der Waals surface area (Å²) in [4.78, 5) is -1.36. The van der Waals surface area contributed by atoms with Crippen LogP contribution in [0.5, 0.6) is 11.5 Å². The van der Waals surface area contributed by atoms with Gasteiger partial charge in [-0.05, 0) is 66.4 Å². The van der Waals surface area contributed by atoms with Crippen molar-refractivity contribution in [3.63, 3.8) is 0 Å². The van der Waals surface area contributed by atoms with Crippen LogP contribution in [0.25, 0.3) is 10.8 Å². The third kappa shape index (κ3) is 6.91. The molecule has 4 aromatic carbocycles. The van der Waals surface area contributed by atoms with Crippen LogP contribution in [-0.2, 0) is 30.3 Å². The number of hydrogen-bond acceptors (Lipinski definition) is 12. The number of azo groups is 1. The van der Waals surface area contributed by atoms with Gasteiger partial charge in [-0.15, -0.1) is 0 Å². The molecule has 0 unspecified atom stereocenters. The predicted molar refractivity (Wildman–Crippen MR) is 171 cm³/mol. The molecular weight excluding hydrogens is 663 g/mol. The van der Waals surface area contributed by atoms with Crippen molar-refractivity contribution in [2.75, 3.05) is 31.2 Å². The van der Waals surface area contributed by atoms with Gasteiger partial charge in [-0.25, -0.2) is 8.42 Å². The fraction of sp³-hybridized carbons (Fsp3) is 0.214. The molecule has 6 N–H and O–H groups in total. The molecule has 0 radical (unpaired) electrons. The molecule has 0 aliphatic rings. The normalized spacial score (nSPS) is 12.7. The number of anilines is 3. The van der Waals surface area contributed by atoms with Gasteiger partial charge < -0.3 is 20.9 Å². The number of nitrogens with two attached hydrogens (primary N) is 1. The molecule has 0 saturated carbocycles.